The first kappa shape index (κ1) is 12.8. The third-order valence-electron chi connectivity index (χ3n) is 2.23. The van der Waals surface area contributed by atoms with E-state index in [1.54, 1.807) is 18.5 Å². The van der Waals surface area contributed by atoms with E-state index in [-0.39, 0.29) is 0 Å². The summed E-state index contributed by atoms with van der Waals surface area (Å²) in [6.07, 6.45) is 5.38. The normalized spacial score (nSPS) is 10.9. The van der Waals surface area contributed by atoms with Crippen molar-refractivity contribution in [3.05, 3.63) is 28.5 Å². The molecule has 1 rings (SSSR count). The van der Waals surface area contributed by atoms with E-state index in [0.29, 0.717) is 10.9 Å². The van der Waals surface area contributed by atoms with Crippen molar-refractivity contribution >= 4 is 23.5 Å². The zero-order valence-electron chi connectivity index (χ0n) is 9.63. The molecule has 1 N–H and O–H groups in total. The van der Waals surface area contributed by atoms with Crippen LogP contribution in [0.15, 0.2) is 17.3 Å². The molecule has 0 unspecified atom stereocenters. The average molecular weight is 238 g/mol. The molecule has 86 valence electrons. The van der Waals surface area contributed by atoms with Crippen molar-refractivity contribution < 1.29 is 0 Å². The highest BCUT2D eigenvalue weighted by Crippen LogP contribution is 2.11. The van der Waals surface area contributed by atoms with E-state index in [2.05, 4.69) is 16.9 Å². The maximum atomic E-state index is 7.84. The highest BCUT2D eigenvalue weighted by molar-refractivity contribution is 6.37. The Labute approximate surface area is 101 Å². The van der Waals surface area contributed by atoms with Gasteiger partial charge in [0.2, 0.25) is 0 Å². The van der Waals surface area contributed by atoms with Gasteiger partial charge >= 0.3 is 0 Å². The Morgan fingerprint density at radius 2 is 2.38 bits per heavy atom. The van der Waals surface area contributed by atoms with Gasteiger partial charge in [-0.1, -0.05) is 24.9 Å². The molecule has 1 heterocycles. The van der Waals surface area contributed by atoms with E-state index in [9.17, 15) is 0 Å². The Balaban J connectivity index is 2.69. The summed E-state index contributed by atoms with van der Waals surface area (Å²) in [5.41, 5.74) is 2.12. The molecule has 0 aliphatic heterocycles. The third-order valence-corrected chi connectivity index (χ3v) is 2.44. The monoisotopic (exact) mass is 237 g/mol. The molecular weight excluding hydrogens is 222 g/mol. The minimum atomic E-state index is 0.387. The van der Waals surface area contributed by atoms with Gasteiger partial charge in [-0.05, 0) is 25.0 Å². The molecule has 0 aliphatic carbocycles. The van der Waals surface area contributed by atoms with Gasteiger partial charge in [-0.25, -0.2) is 4.98 Å². The predicted molar refractivity (Wildman–Crippen MR) is 69.1 cm³/mol. The first-order valence-electron chi connectivity index (χ1n) is 5.36. The highest BCUT2D eigenvalue weighted by Gasteiger charge is 2.03. The molecule has 0 bridgehead atoms. The molecule has 16 heavy (non-hydrogen) atoms. The maximum absolute atomic E-state index is 7.84. The van der Waals surface area contributed by atoms with Crippen LogP contribution in [-0.4, -0.2) is 23.5 Å². The zero-order valence-corrected chi connectivity index (χ0v) is 10.4. The summed E-state index contributed by atoms with van der Waals surface area (Å²) in [4.78, 5) is 8.16. The molecule has 0 radical (unpaired) electrons. The largest absolute Gasteiger partial charge is 0.299 e. The number of pyridine rings is 1. The minimum Gasteiger partial charge on any atom is -0.299 e. The number of halogens is 1. The van der Waals surface area contributed by atoms with Crippen LogP contribution in [0, 0.1) is 12.3 Å². The van der Waals surface area contributed by atoms with Gasteiger partial charge in [0.15, 0.2) is 0 Å². The Hall–Kier alpha value is -1.22. The molecule has 0 saturated carbocycles. The van der Waals surface area contributed by atoms with Crippen LogP contribution in [0.4, 0.5) is 0 Å². The van der Waals surface area contributed by atoms with Crippen molar-refractivity contribution in [3.8, 4) is 0 Å². The topological polar surface area (TPSA) is 49.1 Å². The number of unbranched alkanes of at least 4 members (excludes halogenated alkanes) is 1. The smallest absolute Gasteiger partial charge is 0.129 e. The zero-order chi connectivity index (χ0) is 12.0. The van der Waals surface area contributed by atoms with Gasteiger partial charge in [0.05, 0.1) is 5.71 Å². The predicted octanol–water partition coefficient (Wildman–Crippen LogP) is 3.28. The van der Waals surface area contributed by atoms with E-state index < -0.39 is 0 Å². The minimum absolute atomic E-state index is 0.387. The lowest BCUT2D eigenvalue weighted by molar-refractivity contribution is 0.811. The fourth-order valence-electron chi connectivity index (χ4n) is 1.28. The van der Waals surface area contributed by atoms with Gasteiger partial charge in [0.25, 0.3) is 0 Å². The summed E-state index contributed by atoms with van der Waals surface area (Å²) in [5, 5.41) is 8.30. The van der Waals surface area contributed by atoms with Gasteiger partial charge in [0, 0.05) is 24.5 Å². The first-order chi connectivity index (χ1) is 7.65. The summed E-state index contributed by atoms with van der Waals surface area (Å²) in [7, 11) is 0. The summed E-state index contributed by atoms with van der Waals surface area (Å²) in [6, 6.07) is 1.76. The van der Waals surface area contributed by atoms with Crippen molar-refractivity contribution in [1.29, 1.82) is 5.41 Å². The van der Waals surface area contributed by atoms with Crippen LogP contribution < -0.4 is 0 Å². The SMILES string of the molecule is CCCCN=CC(=N)c1cnc(Cl)cc1C. The summed E-state index contributed by atoms with van der Waals surface area (Å²) in [6.45, 7) is 4.81. The molecule has 1 aromatic heterocycles. The molecular formula is C12H16ClN3. The number of hydrogen-bond acceptors (Lipinski definition) is 3. The van der Waals surface area contributed by atoms with Crippen molar-refractivity contribution in [1.82, 2.24) is 4.98 Å². The lowest BCUT2D eigenvalue weighted by atomic mass is 10.1. The molecule has 4 heteroatoms. The molecule has 0 spiro atoms. The Morgan fingerprint density at radius 3 is 3.00 bits per heavy atom. The summed E-state index contributed by atoms with van der Waals surface area (Å²) >= 11 is 5.75. The van der Waals surface area contributed by atoms with Gasteiger partial charge in [-0.3, -0.25) is 10.4 Å². The van der Waals surface area contributed by atoms with Gasteiger partial charge < -0.3 is 0 Å². The number of hydrogen-bond donors (Lipinski definition) is 1. The van der Waals surface area contributed by atoms with Crippen molar-refractivity contribution in [2.75, 3.05) is 6.54 Å². The molecule has 1 aromatic rings. The van der Waals surface area contributed by atoms with E-state index in [1.165, 1.54) is 0 Å². The van der Waals surface area contributed by atoms with Crippen LogP contribution in [0.1, 0.15) is 30.9 Å². The molecule has 0 saturated heterocycles. The fraction of sp³-hybridized carbons (Fsp3) is 0.417. The van der Waals surface area contributed by atoms with Crippen LogP contribution >= 0.6 is 11.6 Å². The Bertz CT molecular complexity index is 399. The quantitative estimate of drug-likeness (QED) is 0.477. The number of nitrogens with zero attached hydrogens (tertiary/aromatic N) is 2. The van der Waals surface area contributed by atoms with Crippen LogP contribution in [0.25, 0.3) is 0 Å². The van der Waals surface area contributed by atoms with Crippen molar-refractivity contribution in [2.24, 2.45) is 4.99 Å². The van der Waals surface area contributed by atoms with E-state index in [0.717, 1.165) is 30.5 Å². The molecule has 0 aromatic carbocycles. The van der Waals surface area contributed by atoms with Gasteiger partial charge in [0.1, 0.15) is 5.15 Å². The fourth-order valence-corrected chi connectivity index (χ4v) is 1.49. The third kappa shape index (κ3) is 3.74. The maximum Gasteiger partial charge on any atom is 0.129 e. The Morgan fingerprint density at radius 1 is 1.62 bits per heavy atom. The molecule has 0 amide bonds. The summed E-state index contributed by atoms with van der Waals surface area (Å²) in [5.74, 6) is 0. The van der Waals surface area contributed by atoms with Crippen LogP contribution in [0.2, 0.25) is 5.15 Å². The van der Waals surface area contributed by atoms with Gasteiger partial charge in [-0.2, -0.15) is 0 Å². The van der Waals surface area contributed by atoms with Crippen molar-refractivity contribution in [2.45, 2.75) is 26.7 Å². The number of aromatic nitrogens is 1. The second-order valence-electron chi connectivity index (χ2n) is 3.62. The Kier molecular flexibility index (Phi) is 5.12. The van der Waals surface area contributed by atoms with Crippen LogP contribution in [-0.2, 0) is 0 Å². The first-order valence-corrected chi connectivity index (χ1v) is 5.73. The molecule has 3 nitrogen and oxygen atoms in total. The van der Waals surface area contributed by atoms with Crippen LogP contribution in [0.5, 0.6) is 0 Å². The average Bonchev–Trinajstić information content (AvgIpc) is 2.24. The summed E-state index contributed by atoms with van der Waals surface area (Å²) < 4.78 is 0. The van der Waals surface area contributed by atoms with E-state index in [1.807, 2.05) is 6.92 Å². The molecule has 0 fully saturated rings. The molecule has 0 aliphatic rings. The second kappa shape index (κ2) is 6.38. The number of rotatable bonds is 5. The standard InChI is InChI=1S/C12H16ClN3/c1-3-4-5-15-8-11(14)10-7-16-12(13)6-9(10)2/h6-8,14H,3-5H2,1-2H3. The van der Waals surface area contributed by atoms with Crippen LogP contribution in [0.3, 0.4) is 0 Å². The number of aryl methyl sites for hydroxylation is 1. The lowest BCUT2D eigenvalue weighted by Crippen LogP contribution is -2.04. The van der Waals surface area contributed by atoms with E-state index in [4.69, 9.17) is 17.0 Å². The highest BCUT2D eigenvalue weighted by atomic mass is 35.5. The number of aliphatic imine (C=N–C) groups is 1. The number of nitrogens with one attached hydrogen (secondary N) is 1. The van der Waals surface area contributed by atoms with E-state index >= 15 is 0 Å². The van der Waals surface area contributed by atoms with Crippen molar-refractivity contribution in [3.63, 3.8) is 0 Å². The molecule has 0 atom stereocenters. The second-order valence-corrected chi connectivity index (χ2v) is 4.01. The van der Waals surface area contributed by atoms with Gasteiger partial charge in [-0.15, -0.1) is 0 Å². The lowest BCUT2D eigenvalue weighted by Gasteiger charge is -2.03.